The van der Waals surface area contributed by atoms with E-state index in [0.717, 1.165) is 17.7 Å². The van der Waals surface area contributed by atoms with Gasteiger partial charge in [0.2, 0.25) is 0 Å². The number of alkyl halides is 1. The Morgan fingerprint density at radius 2 is 2.04 bits per heavy atom. The third-order valence-corrected chi connectivity index (χ3v) is 3.10. The summed E-state index contributed by atoms with van der Waals surface area (Å²) in [5.41, 5.74) is 7.93. The highest BCUT2D eigenvalue weighted by Gasteiger charge is 2.16. The number of carboxylic acids is 1. The molecule has 0 saturated heterocycles. The van der Waals surface area contributed by atoms with Crippen LogP contribution in [-0.2, 0) is 20.7 Å². The van der Waals surface area contributed by atoms with E-state index in [4.69, 9.17) is 21.4 Å². The SMILES string of the molecule is CCc1cccc(C)c1N[C@@H](C)C(=O)OCCCl.NCC(=O)O. The van der Waals surface area contributed by atoms with Gasteiger partial charge in [-0.1, -0.05) is 25.1 Å². The first-order valence-corrected chi connectivity index (χ1v) is 7.90. The quantitative estimate of drug-likeness (QED) is 0.517. The Balaban J connectivity index is 0.000000841. The van der Waals surface area contributed by atoms with Crippen molar-refractivity contribution in [3.05, 3.63) is 29.3 Å². The van der Waals surface area contributed by atoms with Crippen LogP contribution >= 0.6 is 11.6 Å². The van der Waals surface area contributed by atoms with Gasteiger partial charge in [0.15, 0.2) is 0 Å². The summed E-state index contributed by atoms with van der Waals surface area (Å²) in [7, 11) is 0. The highest BCUT2D eigenvalue weighted by Crippen LogP contribution is 2.22. The van der Waals surface area contributed by atoms with E-state index in [1.54, 1.807) is 6.92 Å². The number of aliphatic carboxylic acids is 1. The third-order valence-electron chi connectivity index (χ3n) is 2.95. The maximum Gasteiger partial charge on any atom is 0.328 e. The number of anilines is 1. The normalized spacial score (nSPS) is 11.0. The van der Waals surface area contributed by atoms with Crippen LogP contribution in [0.4, 0.5) is 5.69 Å². The maximum atomic E-state index is 11.7. The van der Waals surface area contributed by atoms with Crippen molar-refractivity contribution in [2.75, 3.05) is 24.3 Å². The number of para-hydroxylation sites is 1. The first kappa shape index (κ1) is 21.2. The summed E-state index contributed by atoms with van der Waals surface area (Å²) >= 11 is 5.49. The zero-order valence-corrected chi connectivity index (χ0v) is 14.5. The molecule has 0 heterocycles. The number of benzene rings is 1. The highest BCUT2D eigenvalue weighted by molar-refractivity contribution is 6.18. The highest BCUT2D eigenvalue weighted by atomic mass is 35.5. The fourth-order valence-corrected chi connectivity index (χ4v) is 1.85. The van der Waals surface area contributed by atoms with Crippen molar-refractivity contribution in [1.29, 1.82) is 0 Å². The molecule has 0 spiro atoms. The largest absolute Gasteiger partial charge is 0.480 e. The smallest absolute Gasteiger partial charge is 0.328 e. The molecule has 0 aliphatic heterocycles. The van der Waals surface area contributed by atoms with Gasteiger partial charge < -0.3 is 20.9 Å². The number of halogens is 1. The molecule has 7 heteroatoms. The number of nitrogens with one attached hydrogen (secondary N) is 1. The summed E-state index contributed by atoms with van der Waals surface area (Å²) in [4.78, 5) is 20.9. The minimum atomic E-state index is -0.968. The van der Waals surface area contributed by atoms with Crippen molar-refractivity contribution >= 4 is 29.2 Å². The average molecular weight is 345 g/mol. The fourth-order valence-electron chi connectivity index (χ4n) is 1.77. The molecule has 1 atom stereocenters. The van der Waals surface area contributed by atoms with E-state index in [2.05, 4.69) is 24.0 Å². The molecule has 0 saturated carbocycles. The van der Waals surface area contributed by atoms with Crippen LogP contribution < -0.4 is 11.1 Å². The van der Waals surface area contributed by atoms with Crippen LogP contribution in [0.1, 0.15) is 25.0 Å². The van der Waals surface area contributed by atoms with Crippen LogP contribution in [0.5, 0.6) is 0 Å². The van der Waals surface area contributed by atoms with Gasteiger partial charge in [-0.3, -0.25) is 4.79 Å². The van der Waals surface area contributed by atoms with E-state index in [1.807, 2.05) is 19.1 Å². The molecule has 4 N–H and O–H groups in total. The Bertz CT molecular complexity index is 509. The first-order chi connectivity index (χ1) is 10.9. The van der Waals surface area contributed by atoms with Gasteiger partial charge in [0.05, 0.1) is 12.4 Å². The molecule has 0 amide bonds. The van der Waals surface area contributed by atoms with Gasteiger partial charge in [-0.15, -0.1) is 11.6 Å². The molecule has 6 nitrogen and oxygen atoms in total. The number of hydrogen-bond donors (Lipinski definition) is 3. The van der Waals surface area contributed by atoms with Gasteiger partial charge >= 0.3 is 11.9 Å². The maximum absolute atomic E-state index is 11.7. The molecule has 0 unspecified atom stereocenters. The first-order valence-electron chi connectivity index (χ1n) is 7.36. The lowest BCUT2D eigenvalue weighted by Gasteiger charge is -2.18. The van der Waals surface area contributed by atoms with E-state index in [1.165, 1.54) is 5.56 Å². The minimum Gasteiger partial charge on any atom is -0.480 e. The zero-order valence-electron chi connectivity index (χ0n) is 13.8. The number of carbonyl (C=O) groups is 2. The number of carboxylic acid groups (broad SMARTS) is 1. The minimum absolute atomic E-state index is 0.251. The second kappa shape index (κ2) is 11.7. The third kappa shape index (κ3) is 8.42. The second-order valence-corrected chi connectivity index (χ2v) is 5.16. The Morgan fingerprint density at radius 1 is 1.43 bits per heavy atom. The summed E-state index contributed by atoms with van der Waals surface area (Å²) in [6.07, 6.45) is 0.924. The van der Waals surface area contributed by atoms with Gasteiger partial charge in [-0.2, -0.15) is 0 Å². The summed E-state index contributed by atoms with van der Waals surface area (Å²) < 4.78 is 5.01. The number of esters is 1. The van der Waals surface area contributed by atoms with Gasteiger partial charge in [0, 0.05) is 5.69 Å². The Hall–Kier alpha value is -1.79. The Morgan fingerprint density at radius 3 is 2.52 bits per heavy atom. The van der Waals surface area contributed by atoms with Crippen molar-refractivity contribution in [3.63, 3.8) is 0 Å². The fraction of sp³-hybridized carbons (Fsp3) is 0.500. The van der Waals surface area contributed by atoms with Crippen LogP contribution in [0.25, 0.3) is 0 Å². The van der Waals surface area contributed by atoms with Crippen molar-refractivity contribution in [2.45, 2.75) is 33.2 Å². The summed E-state index contributed by atoms with van der Waals surface area (Å²) in [6.45, 7) is 5.89. The molecule has 0 radical (unpaired) electrons. The lowest BCUT2D eigenvalue weighted by atomic mass is 10.1. The molecule has 0 aromatic heterocycles. The second-order valence-electron chi connectivity index (χ2n) is 4.78. The van der Waals surface area contributed by atoms with Gasteiger partial charge in [-0.05, 0) is 31.4 Å². The Kier molecular flexibility index (Phi) is 10.8. The molecule has 130 valence electrons. The number of rotatable bonds is 7. The van der Waals surface area contributed by atoms with Crippen LogP contribution in [0.2, 0.25) is 0 Å². The van der Waals surface area contributed by atoms with Crippen molar-refractivity contribution in [2.24, 2.45) is 5.73 Å². The van der Waals surface area contributed by atoms with Crippen LogP contribution in [0, 0.1) is 6.92 Å². The predicted octanol–water partition coefficient (Wildman–Crippen LogP) is 2.17. The lowest BCUT2D eigenvalue weighted by Crippen LogP contribution is -2.29. The summed E-state index contributed by atoms with van der Waals surface area (Å²) in [6, 6.07) is 5.74. The predicted molar refractivity (Wildman–Crippen MR) is 92.0 cm³/mol. The summed E-state index contributed by atoms with van der Waals surface area (Å²) in [5, 5.41) is 10.8. The van der Waals surface area contributed by atoms with Crippen molar-refractivity contribution in [1.82, 2.24) is 0 Å². The monoisotopic (exact) mass is 344 g/mol. The van der Waals surface area contributed by atoms with Gasteiger partial charge in [0.1, 0.15) is 12.6 Å². The number of ether oxygens (including phenoxy) is 1. The zero-order chi connectivity index (χ0) is 17.8. The van der Waals surface area contributed by atoms with Crippen LogP contribution in [0.15, 0.2) is 18.2 Å². The standard InChI is InChI=1S/C14H20ClNO2.C2H5NO2/c1-4-12-7-5-6-10(2)13(12)16-11(3)14(17)18-9-8-15;3-1-2(4)5/h5-7,11,16H,4,8-9H2,1-3H3;1,3H2,(H,4,5)/t11-;/m0./s1. The number of hydrogen-bond acceptors (Lipinski definition) is 5. The van der Waals surface area contributed by atoms with Crippen molar-refractivity contribution < 1.29 is 19.4 Å². The number of nitrogens with two attached hydrogens (primary N) is 1. The van der Waals surface area contributed by atoms with Gasteiger partial charge in [-0.25, -0.2) is 4.79 Å². The van der Waals surface area contributed by atoms with E-state index in [-0.39, 0.29) is 25.2 Å². The van der Waals surface area contributed by atoms with Gasteiger partial charge in [0.25, 0.3) is 0 Å². The summed E-state index contributed by atoms with van der Waals surface area (Å²) in [5.74, 6) is -0.922. The molecular formula is C16H25ClN2O4. The molecule has 0 fully saturated rings. The van der Waals surface area contributed by atoms with E-state index < -0.39 is 5.97 Å². The molecule has 0 aliphatic rings. The molecule has 0 aliphatic carbocycles. The molecule has 1 aromatic carbocycles. The molecule has 1 rings (SSSR count). The number of carbonyl (C=O) groups excluding carboxylic acids is 1. The Labute approximate surface area is 142 Å². The van der Waals surface area contributed by atoms with E-state index in [0.29, 0.717) is 5.88 Å². The topological polar surface area (TPSA) is 102 Å². The lowest BCUT2D eigenvalue weighted by molar-refractivity contribution is -0.143. The molecule has 1 aromatic rings. The van der Waals surface area contributed by atoms with Crippen molar-refractivity contribution in [3.8, 4) is 0 Å². The molecule has 23 heavy (non-hydrogen) atoms. The molecular weight excluding hydrogens is 320 g/mol. The molecule has 0 bridgehead atoms. The average Bonchev–Trinajstić information content (AvgIpc) is 2.54. The number of aryl methyl sites for hydroxylation is 2. The van der Waals surface area contributed by atoms with Crippen LogP contribution in [0.3, 0.4) is 0 Å². The van der Waals surface area contributed by atoms with Crippen LogP contribution in [-0.4, -0.2) is 42.1 Å². The van der Waals surface area contributed by atoms with E-state index in [9.17, 15) is 9.59 Å². The van der Waals surface area contributed by atoms with E-state index >= 15 is 0 Å².